The second-order valence-electron chi connectivity index (χ2n) is 10.4. The van der Waals surface area contributed by atoms with E-state index in [1.165, 1.54) is 29.9 Å². The molecule has 0 radical (unpaired) electrons. The Morgan fingerprint density at radius 2 is 1.80 bits per heavy atom. The highest BCUT2D eigenvalue weighted by atomic mass is 16.6. The molecule has 9 heteroatoms. The fourth-order valence-corrected chi connectivity index (χ4v) is 6.19. The van der Waals surface area contributed by atoms with Gasteiger partial charge in [0.05, 0.1) is 25.4 Å². The summed E-state index contributed by atoms with van der Waals surface area (Å²) in [5, 5.41) is 10.6. The van der Waals surface area contributed by atoms with Crippen molar-refractivity contribution >= 4 is 17.9 Å². The summed E-state index contributed by atoms with van der Waals surface area (Å²) in [5.41, 5.74) is -0.00513. The molecule has 1 saturated carbocycles. The number of cyclic esters (lactones) is 2. The fourth-order valence-electron chi connectivity index (χ4n) is 6.19. The molecular formula is C26H32O9. The van der Waals surface area contributed by atoms with E-state index in [9.17, 15) is 19.5 Å². The number of hydrogen-bond donors (Lipinski definition) is 1. The molecule has 2 saturated heterocycles. The normalized spacial score (nSPS) is 45.7. The fraction of sp³-hybridized carbons (Fsp3) is 0.654. The Kier molecular flexibility index (Phi) is 6.35. The number of ether oxygens (including phenoxy) is 5. The molecule has 0 aromatic carbocycles. The first-order valence-electron chi connectivity index (χ1n) is 12.3. The van der Waals surface area contributed by atoms with Gasteiger partial charge in [0.25, 0.3) is 0 Å². The Hall–Kier alpha value is -2.49. The first kappa shape index (κ1) is 24.2. The van der Waals surface area contributed by atoms with Gasteiger partial charge in [0.2, 0.25) is 0 Å². The molecule has 3 unspecified atom stereocenters. The number of esters is 3. The number of hydrogen-bond acceptors (Lipinski definition) is 9. The topological polar surface area (TPSA) is 121 Å². The molecule has 9 nitrogen and oxygen atoms in total. The third-order valence-corrected chi connectivity index (χ3v) is 8.21. The van der Waals surface area contributed by atoms with Gasteiger partial charge < -0.3 is 28.8 Å². The van der Waals surface area contributed by atoms with Gasteiger partial charge in [-0.15, -0.1) is 0 Å². The third-order valence-electron chi connectivity index (χ3n) is 8.21. The van der Waals surface area contributed by atoms with Crippen molar-refractivity contribution in [3.05, 3.63) is 36.0 Å². The van der Waals surface area contributed by atoms with E-state index in [2.05, 4.69) is 13.0 Å². The monoisotopic (exact) mass is 488 g/mol. The molecule has 0 aromatic heterocycles. The van der Waals surface area contributed by atoms with E-state index in [1.807, 2.05) is 0 Å². The Morgan fingerprint density at radius 1 is 1.06 bits per heavy atom. The van der Waals surface area contributed by atoms with E-state index < -0.39 is 47.0 Å². The molecule has 2 spiro atoms. The van der Waals surface area contributed by atoms with Crippen LogP contribution in [0, 0.1) is 17.3 Å². The van der Waals surface area contributed by atoms with Crippen molar-refractivity contribution in [2.45, 2.75) is 69.5 Å². The van der Waals surface area contributed by atoms with Crippen molar-refractivity contribution < 1.29 is 43.2 Å². The van der Waals surface area contributed by atoms with Crippen molar-refractivity contribution in [1.29, 1.82) is 0 Å². The molecule has 3 fully saturated rings. The van der Waals surface area contributed by atoms with Crippen LogP contribution in [0.1, 0.15) is 39.5 Å². The lowest BCUT2D eigenvalue weighted by atomic mass is 9.60. The van der Waals surface area contributed by atoms with Crippen LogP contribution in [-0.2, 0) is 38.1 Å². The summed E-state index contributed by atoms with van der Waals surface area (Å²) >= 11 is 0. The second-order valence-corrected chi connectivity index (χ2v) is 10.4. The van der Waals surface area contributed by atoms with Gasteiger partial charge in [0.1, 0.15) is 18.3 Å². The van der Waals surface area contributed by atoms with Gasteiger partial charge in [-0.2, -0.15) is 0 Å². The van der Waals surface area contributed by atoms with Crippen molar-refractivity contribution in [2.75, 3.05) is 19.8 Å². The zero-order valence-corrected chi connectivity index (χ0v) is 20.0. The molecule has 2 bridgehead atoms. The number of rotatable bonds is 0. The maximum atomic E-state index is 12.8. The van der Waals surface area contributed by atoms with Crippen LogP contribution in [0.15, 0.2) is 36.0 Å². The van der Waals surface area contributed by atoms with E-state index in [1.54, 1.807) is 6.92 Å². The van der Waals surface area contributed by atoms with Gasteiger partial charge in [0, 0.05) is 29.9 Å². The Labute approximate surface area is 204 Å². The first-order valence-corrected chi connectivity index (χ1v) is 12.3. The van der Waals surface area contributed by atoms with Crippen LogP contribution in [0.25, 0.3) is 0 Å². The average molecular weight is 489 g/mol. The van der Waals surface area contributed by atoms with Gasteiger partial charge in [0.15, 0.2) is 6.10 Å². The summed E-state index contributed by atoms with van der Waals surface area (Å²) in [5.74, 6) is -2.53. The van der Waals surface area contributed by atoms with E-state index in [0.717, 1.165) is 6.42 Å². The first-order chi connectivity index (χ1) is 16.7. The van der Waals surface area contributed by atoms with E-state index in [4.69, 9.17) is 23.7 Å². The summed E-state index contributed by atoms with van der Waals surface area (Å²) in [4.78, 5) is 37.3. The quantitative estimate of drug-likeness (QED) is 0.235. The molecular weight excluding hydrogens is 456 g/mol. The van der Waals surface area contributed by atoms with E-state index in [-0.39, 0.29) is 31.3 Å². The molecule has 2 aliphatic carbocycles. The zero-order chi connectivity index (χ0) is 24.8. The Morgan fingerprint density at radius 3 is 2.54 bits per heavy atom. The van der Waals surface area contributed by atoms with Crippen LogP contribution >= 0.6 is 0 Å². The lowest BCUT2D eigenvalue weighted by Gasteiger charge is -2.52. The van der Waals surface area contributed by atoms with Crippen LogP contribution in [0.2, 0.25) is 0 Å². The summed E-state index contributed by atoms with van der Waals surface area (Å²) in [7, 11) is 0. The van der Waals surface area contributed by atoms with Crippen LogP contribution in [-0.4, -0.2) is 72.9 Å². The minimum absolute atomic E-state index is 0.0220. The predicted octanol–water partition coefficient (Wildman–Crippen LogP) is 1.78. The van der Waals surface area contributed by atoms with Crippen molar-refractivity contribution in [3.8, 4) is 0 Å². The van der Waals surface area contributed by atoms with Crippen LogP contribution in [0.4, 0.5) is 0 Å². The summed E-state index contributed by atoms with van der Waals surface area (Å²) in [6.45, 7) is 4.32. The molecule has 3 aliphatic heterocycles. The average Bonchev–Trinajstić information content (AvgIpc) is 3.56. The highest BCUT2D eigenvalue weighted by Gasteiger charge is 2.76. The van der Waals surface area contributed by atoms with Crippen LogP contribution < -0.4 is 0 Å². The third kappa shape index (κ3) is 4.34. The van der Waals surface area contributed by atoms with Gasteiger partial charge in [-0.1, -0.05) is 30.7 Å². The Balaban J connectivity index is 1.48. The minimum Gasteiger partial charge on any atom is -0.463 e. The molecule has 0 aromatic rings. The Bertz CT molecular complexity index is 977. The second kappa shape index (κ2) is 9.19. The minimum atomic E-state index is -1.36. The summed E-state index contributed by atoms with van der Waals surface area (Å²) < 4.78 is 29.2. The highest BCUT2D eigenvalue weighted by molar-refractivity contribution is 5.84. The van der Waals surface area contributed by atoms with Gasteiger partial charge in [-0.25, -0.2) is 14.4 Å². The van der Waals surface area contributed by atoms with E-state index in [0.29, 0.717) is 25.9 Å². The van der Waals surface area contributed by atoms with Crippen molar-refractivity contribution in [1.82, 2.24) is 0 Å². The number of aliphatic hydroxyl groups is 1. The smallest absolute Gasteiger partial charge is 0.335 e. The standard InChI is InChI=1S/C26H32O9/c1-15-7-9-25-13-32-24(30)22(29)16(2)8-10-31-20(27)5-3-4-6-21(28)34-17-12-19(35-18(25)11-15)26(14-33-26)23(17)25/h3-6,11,16-19,22-23,29H,7-10,12-14H2,1-2H3/b5-3+,6-4-/t16-,17-,18?,19?,22+,23?,25-,26-/m1/s1. The molecule has 0 amide bonds. The molecule has 5 aliphatic rings. The lowest BCUT2D eigenvalue weighted by molar-refractivity contribution is -0.199. The molecule has 1 N–H and O–H groups in total. The zero-order valence-electron chi connectivity index (χ0n) is 20.0. The lowest BCUT2D eigenvalue weighted by Crippen LogP contribution is -2.60. The maximum Gasteiger partial charge on any atom is 0.335 e. The summed E-state index contributed by atoms with van der Waals surface area (Å²) in [6, 6.07) is 0. The number of carbonyl (C=O) groups excluding carboxylic acids is 3. The number of aliphatic hydroxyl groups excluding tert-OH is 1. The summed E-state index contributed by atoms with van der Waals surface area (Å²) in [6.07, 6.45) is 7.29. The van der Waals surface area contributed by atoms with E-state index >= 15 is 0 Å². The highest BCUT2D eigenvalue weighted by Crippen LogP contribution is 2.65. The number of allylic oxidation sites excluding steroid dienone is 3. The molecule has 190 valence electrons. The van der Waals surface area contributed by atoms with Crippen molar-refractivity contribution in [2.24, 2.45) is 17.3 Å². The van der Waals surface area contributed by atoms with Crippen LogP contribution in [0.3, 0.4) is 0 Å². The maximum absolute atomic E-state index is 12.8. The predicted molar refractivity (Wildman–Crippen MR) is 121 cm³/mol. The van der Waals surface area contributed by atoms with Crippen LogP contribution in [0.5, 0.6) is 0 Å². The molecule has 8 atom stereocenters. The molecule has 35 heavy (non-hydrogen) atoms. The van der Waals surface area contributed by atoms with Crippen molar-refractivity contribution in [3.63, 3.8) is 0 Å². The van der Waals surface area contributed by atoms with Gasteiger partial charge in [-0.05, 0) is 32.1 Å². The largest absolute Gasteiger partial charge is 0.463 e. The number of epoxide rings is 1. The van der Waals surface area contributed by atoms with Gasteiger partial charge in [-0.3, -0.25) is 0 Å². The number of carbonyl (C=O) groups is 3. The molecule has 3 heterocycles. The SMILES string of the molecule is CC1=CC2OC3C[C@H]4OC(=O)/C=C\C=C\C(=O)OCC[C@@H](C)[C@H](O)C(=O)OC[C@@]2(CC1)C4[C@@]31CO1. The molecule has 5 rings (SSSR count). The van der Waals surface area contributed by atoms with Gasteiger partial charge >= 0.3 is 17.9 Å².